The van der Waals surface area contributed by atoms with Crippen LogP contribution < -0.4 is 10.6 Å². The zero-order valence-electron chi connectivity index (χ0n) is 12.6. The molecule has 2 aromatic rings. The summed E-state index contributed by atoms with van der Waals surface area (Å²) in [6, 6.07) is 20.5. The molecule has 1 atom stereocenters. The summed E-state index contributed by atoms with van der Waals surface area (Å²) in [6.07, 6.45) is 1.51. The topological polar surface area (TPSA) is 23.8 Å². The van der Waals surface area contributed by atoms with Crippen LogP contribution in [0.1, 0.15) is 19.8 Å². The van der Waals surface area contributed by atoms with E-state index in [1.54, 1.807) is 0 Å². The van der Waals surface area contributed by atoms with Gasteiger partial charge in [-0.2, -0.15) is 5.26 Å². The fraction of sp³-hybridized carbons (Fsp3) is 0.278. The van der Waals surface area contributed by atoms with Crippen molar-refractivity contribution in [1.29, 1.82) is 5.26 Å². The fourth-order valence-corrected chi connectivity index (χ4v) is 7.19. The molecule has 4 heteroatoms. The van der Waals surface area contributed by atoms with E-state index in [0.29, 0.717) is 12.3 Å². The summed E-state index contributed by atoms with van der Waals surface area (Å²) in [5, 5.41) is 11.5. The highest BCUT2D eigenvalue weighted by Gasteiger charge is 2.42. The number of alkyl halides is 1. The maximum atomic E-state index is 9.94. The number of nitrogens with zero attached hydrogens (tertiary/aromatic N) is 1. The van der Waals surface area contributed by atoms with Crippen molar-refractivity contribution < 1.29 is 0 Å². The lowest BCUT2D eigenvalue weighted by atomic mass is 10.1. The van der Waals surface area contributed by atoms with Gasteiger partial charge in [0, 0.05) is 11.9 Å². The average Bonchev–Trinajstić information content (AvgIpc) is 2.60. The molecule has 0 amide bonds. The van der Waals surface area contributed by atoms with Gasteiger partial charge >= 0.3 is 0 Å². The first kappa shape index (κ1) is 17.2. The van der Waals surface area contributed by atoms with Crippen LogP contribution in [0.15, 0.2) is 60.7 Å². The first-order valence-electron chi connectivity index (χ1n) is 7.27. The van der Waals surface area contributed by atoms with E-state index >= 15 is 0 Å². The van der Waals surface area contributed by atoms with Gasteiger partial charge in [0.05, 0.1) is 11.2 Å². The third-order valence-corrected chi connectivity index (χ3v) is 10.5. The lowest BCUT2D eigenvalue weighted by Crippen LogP contribution is -2.34. The largest absolute Gasteiger partial charge is 0.197 e. The Morgan fingerprint density at radius 2 is 1.50 bits per heavy atom. The molecule has 0 spiro atoms. The van der Waals surface area contributed by atoms with Crippen molar-refractivity contribution in [3.05, 3.63) is 60.7 Å². The van der Waals surface area contributed by atoms with Gasteiger partial charge in [-0.15, -0.1) is 11.6 Å². The Hall–Kier alpha value is -1.13. The van der Waals surface area contributed by atoms with Gasteiger partial charge in [-0.3, -0.25) is 0 Å². The summed E-state index contributed by atoms with van der Waals surface area (Å²) in [4.78, 5) is 0. The first-order valence-corrected chi connectivity index (χ1v) is 10.6. The standard InChI is InChI=1S/C18H19ClNPS/c1-18(15-20,13-8-14-19)21(22,16-9-4-2-5-10-16)17-11-6-3-7-12-17/h2-7,9-12H,8,13-14H2,1H3. The van der Waals surface area contributed by atoms with Gasteiger partial charge in [-0.25, -0.2) is 0 Å². The van der Waals surface area contributed by atoms with Crippen molar-refractivity contribution in [2.75, 3.05) is 5.88 Å². The zero-order valence-corrected chi connectivity index (χ0v) is 15.0. The number of benzene rings is 2. The number of hydrogen-bond donors (Lipinski definition) is 0. The highest BCUT2D eigenvalue weighted by Crippen LogP contribution is 2.58. The lowest BCUT2D eigenvalue weighted by molar-refractivity contribution is 0.687. The number of rotatable bonds is 6. The van der Waals surface area contributed by atoms with Crippen LogP contribution in [-0.4, -0.2) is 11.0 Å². The van der Waals surface area contributed by atoms with Crippen molar-refractivity contribution in [3.8, 4) is 6.07 Å². The smallest absolute Gasteiger partial charge is 0.0909 e. The third-order valence-electron chi connectivity index (χ3n) is 3.97. The van der Waals surface area contributed by atoms with Crippen LogP contribution in [0.3, 0.4) is 0 Å². The van der Waals surface area contributed by atoms with E-state index in [1.165, 1.54) is 0 Å². The number of hydrogen-bond acceptors (Lipinski definition) is 2. The minimum Gasteiger partial charge on any atom is -0.197 e. The molecule has 0 bridgehead atoms. The van der Waals surface area contributed by atoms with Crippen LogP contribution in [0.25, 0.3) is 0 Å². The Labute approximate surface area is 142 Å². The minimum absolute atomic E-state index is 0.552. The van der Waals surface area contributed by atoms with Gasteiger partial charge in [-0.05, 0) is 30.4 Å². The van der Waals surface area contributed by atoms with Crippen LogP contribution >= 0.6 is 17.6 Å². The summed E-state index contributed by atoms with van der Waals surface area (Å²) in [7, 11) is 0. The van der Waals surface area contributed by atoms with E-state index in [0.717, 1.165) is 17.0 Å². The molecule has 2 aromatic carbocycles. The Morgan fingerprint density at radius 1 is 1.05 bits per heavy atom. The molecular weight excluding hydrogens is 329 g/mol. The first-order chi connectivity index (χ1) is 10.6. The van der Waals surface area contributed by atoms with E-state index < -0.39 is 11.2 Å². The molecule has 0 aliphatic rings. The second kappa shape index (κ2) is 7.42. The maximum Gasteiger partial charge on any atom is 0.0909 e. The van der Waals surface area contributed by atoms with Crippen LogP contribution in [0.4, 0.5) is 0 Å². The summed E-state index contributed by atoms with van der Waals surface area (Å²) in [5.41, 5.74) is 0. The van der Waals surface area contributed by atoms with Gasteiger partial charge in [0.25, 0.3) is 0 Å². The molecule has 1 nitrogen and oxygen atoms in total. The van der Waals surface area contributed by atoms with Crippen LogP contribution in [0, 0.1) is 11.3 Å². The highest BCUT2D eigenvalue weighted by molar-refractivity contribution is 8.22. The van der Waals surface area contributed by atoms with Gasteiger partial charge in [0.1, 0.15) is 0 Å². The lowest BCUT2D eigenvalue weighted by Gasteiger charge is -2.36. The van der Waals surface area contributed by atoms with E-state index in [2.05, 4.69) is 30.3 Å². The molecule has 0 N–H and O–H groups in total. The van der Waals surface area contributed by atoms with Crippen molar-refractivity contribution >= 4 is 40.1 Å². The predicted molar refractivity (Wildman–Crippen MR) is 100 cm³/mol. The molecule has 0 aromatic heterocycles. The van der Waals surface area contributed by atoms with Crippen LogP contribution in [0.5, 0.6) is 0 Å². The molecule has 0 saturated heterocycles. The summed E-state index contributed by atoms with van der Waals surface area (Å²) >= 11 is 12.1. The zero-order chi connectivity index (χ0) is 16.1. The van der Waals surface area contributed by atoms with Gasteiger partial charge < -0.3 is 0 Å². The molecule has 0 radical (unpaired) electrons. The van der Waals surface area contributed by atoms with Crippen molar-refractivity contribution in [1.82, 2.24) is 0 Å². The molecule has 2 rings (SSSR count). The van der Waals surface area contributed by atoms with E-state index in [-0.39, 0.29) is 0 Å². The normalized spacial score (nSPS) is 14.0. The second-order valence-electron chi connectivity index (χ2n) is 5.46. The van der Waals surface area contributed by atoms with Gasteiger partial charge in [0.2, 0.25) is 0 Å². The predicted octanol–water partition coefficient (Wildman–Crippen LogP) is 4.42. The van der Waals surface area contributed by atoms with Gasteiger partial charge in [-0.1, -0.05) is 72.5 Å². The number of halogens is 1. The highest BCUT2D eigenvalue weighted by atomic mass is 35.5. The molecule has 22 heavy (non-hydrogen) atoms. The fourth-order valence-electron chi connectivity index (χ4n) is 2.69. The average molecular weight is 348 g/mol. The Balaban J connectivity index is 2.66. The maximum absolute atomic E-state index is 9.94. The van der Waals surface area contributed by atoms with E-state index in [1.807, 2.05) is 43.3 Å². The monoisotopic (exact) mass is 347 g/mol. The summed E-state index contributed by atoms with van der Waals surface area (Å²) in [5.74, 6) is 0.552. The van der Waals surface area contributed by atoms with E-state index in [4.69, 9.17) is 23.4 Å². The molecule has 0 fully saturated rings. The molecular formula is C18H19ClNPS. The molecule has 0 saturated carbocycles. The Kier molecular flexibility index (Phi) is 5.81. The summed E-state index contributed by atoms with van der Waals surface area (Å²) in [6.45, 7) is 2.00. The van der Waals surface area contributed by atoms with Gasteiger partial charge in [0.15, 0.2) is 0 Å². The molecule has 114 valence electrons. The Morgan fingerprint density at radius 3 is 1.86 bits per heavy atom. The molecule has 0 heterocycles. The molecule has 0 aliphatic heterocycles. The quantitative estimate of drug-likeness (QED) is 0.570. The minimum atomic E-state index is -2.26. The number of nitriles is 1. The second-order valence-corrected chi connectivity index (χ2v) is 10.7. The van der Waals surface area contributed by atoms with Crippen molar-refractivity contribution in [2.45, 2.75) is 24.9 Å². The third kappa shape index (κ3) is 3.13. The van der Waals surface area contributed by atoms with Crippen molar-refractivity contribution in [2.24, 2.45) is 0 Å². The van der Waals surface area contributed by atoms with Crippen LogP contribution in [-0.2, 0) is 11.8 Å². The SMILES string of the molecule is CC(C#N)(CCCCl)P(=S)(c1ccccc1)c1ccccc1. The summed E-state index contributed by atoms with van der Waals surface area (Å²) < 4.78 is 0. The van der Waals surface area contributed by atoms with E-state index in [9.17, 15) is 5.26 Å². The Bertz CT molecular complexity index is 653. The molecule has 1 unspecified atom stereocenters. The van der Waals surface area contributed by atoms with Crippen LogP contribution in [0.2, 0.25) is 0 Å². The van der Waals surface area contributed by atoms with Crippen molar-refractivity contribution in [3.63, 3.8) is 0 Å². The molecule has 0 aliphatic carbocycles.